The molecule has 18 heavy (non-hydrogen) atoms. The molecule has 0 fully saturated rings. The summed E-state index contributed by atoms with van der Waals surface area (Å²) in [6.07, 6.45) is 1.06. The molecule has 0 aromatic carbocycles. The van der Waals surface area contributed by atoms with Gasteiger partial charge in [0, 0.05) is 40.3 Å². The van der Waals surface area contributed by atoms with Crippen molar-refractivity contribution in [2.75, 3.05) is 47.1 Å². The largest absolute Gasteiger partial charge is 0.383 e. The summed E-state index contributed by atoms with van der Waals surface area (Å²) >= 11 is 0. The van der Waals surface area contributed by atoms with E-state index in [2.05, 4.69) is 5.32 Å². The van der Waals surface area contributed by atoms with Gasteiger partial charge in [-0.1, -0.05) is 6.92 Å². The highest BCUT2D eigenvalue weighted by atomic mass is 16.5. The number of carbonyl (C=O) groups is 2. The highest BCUT2D eigenvalue weighted by Gasteiger charge is 2.16. The third-order valence-electron chi connectivity index (χ3n) is 2.56. The number of ether oxygens (including phenoxy) is 2. The summed E-state index contributed by atoms with van der Waals surface area (Å²) in [4.78, 5) is 23.9. The van der Waals surface area contributed by atoms with Gasteiger partial charge >= 0.3 is 0 Å². The van der Waals surface area contributed by atoms with Gasteiger partial charge in [-0.05, 0) is 5.92 Å². The van der Waals surface area contributed by atoms with Gasteiger partial charge in [0.15, 0.2) is 0 Å². The molecule has 0 aliphatic carbocycles. The molecule has 2 amide bonds. The summed E-state index contributed by atoms with van der Waals surface area (Å²) in [6, 6.07) is 0. The first-order valence-electron chi connectivity index (χ1n) is 6.08. The van der Waals surface area contributed by atoms with Gasteiger partial charge in [0.2, 0.25) is 12.3 Å². The van der Waals surface area contributed by atoms with Gasteiger partial charge in [-0.3, -0.25) is 9.59 Å². The number of methoxy groups -OCH3 is 2. The van der Waals surface area contributed by atoms with E-state index in [-0.39, 0.29) is 11.8 Å². The molecule has 0 rings (SSSR count). The van der Waals surface area contributed by atoms with Gasteiger partial charge < -0.3 is 19.7 Å². The van der Waals surface area contributed by atoms with Crippen molar-refractivity contribution in [2.45, 2.75) is 13.3 Å². The molecule has 106 valence electrons. The lowest BCUT2D eigenvalue weighted by atomic mass is 10.1. The number of amides is 2. The third kappa shape index (κ3) is 8.03. The van der Waals surface area contributed by atoms with Gasteiger partial charge in [-0.25, -0.2) is 0 Å². The van der Waals surface area contributed by atoms with Crippen molar-refractivity contribution in [3.8, 4) is 0 Å². The number of hydrogen-bond donors (Lipinski definition) is 1. The van der Waals surface area contributed by atoms with Crippen LogP contribution in [0.15, 0.2) is 0 Å². The van der Waals surface area contributed by atoms with E-state index < -0.39 is 0 Å². The lowest BCUT2D eigenvalue weighted by Crippen LogP contribution is -2.38. The van der Waals surface area contributed by atoms with Crippen molar-refractivity contribution in [1.29, 1.82) is 0 Å². The molecule has 0 aliphatic rings. The van der Waals surface area contributed by atoms with Crippen LogP contribution < -0.4 is 5.32 Å². The normalized spacial score (nSPS) is 11.9. The smallest absolute Gasteiger partial charge is 0.223 e. The number of carbonyl (C=O) groups excluding carboxylic acids is 2. The zero-order chi connectivity index (χ0) is 13.8. The first kappa shape index (κ1) is 16.9. The van der Waals surface area contributed by atoms with Crippen molar-refractivity contribution in [3.05, 3.63) is 0 Å². The SMILES string of the molecule is COCCN(CCOC)C(=O)CC(C)CNC=O. The van der Waals surface area contributed by atoms with E-state index in [1.165, 1.54) is 0 Å². The van der Waals surface area contributed by atoms with Crippen LogP contribution in [-0.2, 0) is 19.1 Å². The Labute approximate surface area is 109 Å². The molecule has 1 N–H and O–H groups in total. The third-order valence-corrected chi connectivity index (χ3v) is 2.56. The summed E-state index contributed by atoms with van der Waals surface area (Å²) < 4.78 is 9.96. The van der Waals surface area contributed by atoms with Gasteiger partial charge in [0.1, 0.15) is 0 Å². The van der Waals surface area contributed by atoms with Crippen molar-refractivity contribution in [2.24, 2.45) is 5.92 Å². The van der Waals surface area contributed by atoms with Crippen LogP contribution in [0.3, 0.4) is 0 Å². The van der Waals surface area contributed by atoms with E-state index in [0.29, 0.717) is 45.7 Å². The predicted octanol–water partition coefficient (Wildman–Crippen LogP) is -0.120. The van der Waals surface area contributed by atoms with Crippen LogP contribution in [0.5, 0.6) is 0 Å². The predicted molar refractivity (Wildman–Crippen MR) is 68.2 cm³/mol. The van der Waals surface area contributed by atoms with Gasteiger partial charge in [0.05, 0.1) is 13.2 Å². The minimum absolute atomic E-state index is 0.0595. The van der Waals surface area contributed by atoms with Gasteiger partial charge in [0.25, 0.3) is 0 Å². The second-order valence-corrected chi connectivity index (χ2v) is 4.20. The molecule has 0 aromatic heterocycles. The van der Waals surface area contributed by atoms with E-state index in [1.807, 2.05) is 6.92 Å². The minimum Gasteiger partial charge on any atom is -0.383 e. The molecule has 0 saturated carbocycles. The Morgan fingerprint density at radius 3 is 2.28 bits per heavy atom. The zero-order valence-corrected chi connectivity index (χ0v) is 11.5. The Bertz CT molecular complexity index is 228. The summed E-state index contributed by atoms with van der Waals surface area (Å²) in [5, 5.41) is 2.58. The molecule has 6 heteroatoms. The second kappa shape index (κ2) is 11.0. The van der Waals surface area contributed by atoms with Crippen LogP contribution in [0.2, 0.25) is 0 Å². The molecule has 0 radical (unpaired) electrons. The van der Waals surface area contributed by atoms with Crippen molar-refractivity contribution >= 4 is 12.3 Å². The van der Waals surface area contributed by atoms with Crippen LogP contribution in [-0.4, -0.2) is 64.3 Å². The van der Waals surface area contributed by atoms with E-state index in [1.54, 1.807) is 19.1 Å². The van der Waals surface area contributed by atoms with E-state index in [9.17, 15) is 9.59 Å². The molecule has 1 unspecified atom stereocenters. The van der Waals surface area contributed by atoms with Gasteiger partial charge in [-0.15, -0.1) is 0 Å². The van der Waals surface area contributed by atoms with E-state index in [0.717, 1.165) is 0 Å². The first-order chi connectivity index (χ1) is 8.65. The Balaban J connectivity index is 4.12. The minimum atomic E-state index is 0.0595. The highest BCUT2D eigenvalue weighted by molar-refractivity contribution is 5.76. The van der Waals surface area contributed by atoms with Crippen molar-refractivity contribution in [1.82, 2.24) is 10.2 Å². The first-order valence-corrected chi connectivity index (χ1v) is 6.08. The monoisotopic (exact) mass is 260 g/mol. The Kier molecular flexibility index (Phi) is 10.3. The zero-order valence-electron chi connectivity index (χ0n) is 11.5. The molecule has 6 nitrogen and oxygen atoms in total. The molecule has 0 saturated heterocycles. The average Bonchev–Trinajstić information content (AvgIpc) is 2.36. The Morgan fingerprint density at radius 2 is 1.83 bits per heavy atom. The fraction of sp³-hybridized carbons (Fsp3) is 0.833. The molecule has 1 atom stereocenters. The molecule has 0 aliphatic heterocycles. The Morgan fingerprint density at radius 1 is 1.28 bits per heavy atom. The quantitative estimate of drug-likeness (QED) is 0.526. The maximum absolute atomic E-state index is 12.0. The summed E-state index contributed by atoms with van der Waals surface area (Å²) in [6.45, 7) is 4.59. The molecular weight excluding hydrogens is 236 g/mol. The lowest BCUT2D eigenvalue weighted by Gasteiger charge is -2.23. The summed E-state index contributed by atoms with van der Waals surface area (Å²) in [5.74, 6) is 0.180. The van der Waals surface area contributed by atoms with Crippen molar-refractivity contribution < 1.29 is 19.1 Å². The number of nitrogens with zero attached hydrogens (tertiary/aromatic N) is 1. The molecular formula is C12H24N2O4. The maximum atomic E-state index is 12.0. The summed E-state index contributed by atoms with van der Waals surface area (Å²) in [5.41, 5.74) is 0. The summed E-state index contributed by atoms with van der Waals surface area (Å²) in [7, 11) is 3.21. The van der Waals surface area contributed by atoms with Gasteiger partial charge in [-0.2, -0.15) is 0 Å². The van der Waals surface area contributed by atoms with Crippen LogP contribution in [0.1, 0.15) is 13.3 Å². The standard InChI is InChI=1S/C12H24N2O4/c1-11(9-13-10-15)8-12(16)14(4-6-17-2)5-7-18-3/h10-11H,4-9H2,1-3H3,(H,13,15). The van der Waals surface area contributed by atoms with Crippen LogP contribution >= 0.6 is 0 Å². The van der Waals surface area contributed by atoms with Crippen LogP contribution in [0.4, 0.5) is 0 Å². The molecule has 0 bridgehead atoms. The average molecular weight is 260 g/mol. The highest BCUT2D eigenvalue weighted by Crippen LogP contribution is 2.04. The Hall–Kier alpha value is -1.14. The van der Waals surface area contributed by atoms with E-state index >= 15 is 0 Å². The number of nitrogens with one attached hydrogen (secondary N) is 1. The molecule has 0 spiro atoms. The van der Waals surface area contributed by atoms with Crippen LogP contribution in [0, 0.1) is 5.92 Å². The molecule has 0 aromatic rings. The van der Waals surface area contributed by atoms with Crippen molar-refractivity contribution in [3.63, 3.8) is 0 Å². The number of hydrogen-bond acceptors (Lipinski definition) is 4. The fourth-order valence-electron chi connectivity index (χ4n) is 1.51. The number of rotatable bonds is 11. The topological polar surface area (TPSA) is 67.9 Å². The maximum Gasteiger partial charge on any atom is 0.223 e. The molecule has 0 heterocycles. The fourth-order valence-corrected chi connectivity index (χ4v) is 1.51. The van der Waals surface area contributed by atoms with E-state index in [4.69, 9.17) is 9.47 Å². The second-order valence-electron chi connectivity index (χ2n) is 4.20. The van der Waals surface area contributed by atoms with Crippen LogP contribution in [0.25, 0.3) is 0 Å². The lowest BCUT2D eigenvalue weighted by molar-refractivity contribution is -0.133.